The van der Waals surface area contributed by atoms with Crippen LogP contribution in [0.2, 0.25) is 0 Å². The third-order valence-corrected chi connectivity index (χ3v) is 4.41. The molecule has 2 atom stereocenters. The molecule has 1 aliphatic carbocycles. The van der Waals surface area contributed by atoms with Crippen molar-refractivity contribution >= 4 is 0 Å². The van der Waals surface area contributed by atoms with Crippen molar-refractivity contribution in [2.24, 2.45) is 11.7 Å². The zero-order valence-corrected chi connectivity index (χ0v) is 12.1. The molecule has 0 bridgehead atoms. The molecule has 3 heteroatoms. The lowest BCUT2D eigenvalue weighted by Crippen LogP contribution is -2.39. The molecule has 0 aromatic heterocycles. The molecule has 1 fully saturated rings. The first-order chi connectivity index (χ1) is 9.15. The Kier molecular flexibility index (Phi) is 4.83. The van der Waals surface area contributed by atoms with Crippen molar-refractivity contribution in [3.63, 3.8) is 0 Å². The van der Waals surface area contributed by atoms with Crippen molar-refractivity contribution in [2.75, 3.05) is 13.1 Å². The summed E-state index contributed by atoms with van der Waals surface area (Å²) in [5, 5.41) is 9.99. The fraction of sp³-hybridized carbons (Fsp3) is 0.625. The molecule has 2 rings (SSSR count). The number of hydrogen-bond donors (Lipinski definition) is 2. The maximum atomic E-state index is 9.99. The van der Waals surface area contributed by atoms with E-state index in [2.05, 4.69) is 24.8 Å². The van der Waals surface area contributed by atoms with Crippen molar-refractivity contribution in [3.05, 3.63) is 29.3 Å². The van der Waals surface area contributed by atoms with Crippen molar-refractivity contribution < 1.29 is 5.11 Å². The van der Waals surface area contributed by atoms with E-state index >= 15 is 0 Å². The Bertz CT molecular complexity index is 419. The summed E-state index contributed by atoms with van der Waals surface area (Å²) in [4.78, 5) is 2.47. The summed E-state index contributed by atoms with van der Waals surface area (Å²) >= 11 is 0. The molecular formula is C16H26N2O. The van der Waals surface area contributed by atoms with Crippen LogP contribution in [0.1, 0.15) is 37.3 Å². The minimum absolute atomic E-state index is 0.409. The lowest BCUT2D eigenvalue weighted by molar-refractivity contribution is 0.160. The van der Waals surface area contributed by atoms with E-state index in [0.717, 1.165) is 25.2 Å². The second-order valence-corrected chi connectivity index (χ2v) is 5.69. The normalized spacial score (nSPS) is 23.2. The first-order valence-corrected chi connectivity index (χ1v) is 7.38. The van der Waals surface area contributed by atoms with Crippen LogP contribution in [0.4, 0.5) is 0 Å². The van der Waals surface area contributed by atoms with Crippen LogP contribution < -0.4 is 5.73 Å². The number of phenolic OH excluding ortho intramolecular Hbond substituents is 1. The molecular weight excluding hydrogens is 236 g/mol. The van der Waals surface area contributed by atoms with Gasteiger partial charge in [-0.1, -0.05) is 31.0 Å². The molecule has 0 spiro atoms. The first kappa shape index (κ1) is 14.4. The van der Waals surface area contributed by atoms with Gasteiger partial charge in [-0.15, -0.1) is 0 Å². The molecule has 0 aliphatic heterocycles. The summed E-state index contributed by atoms with van der Waals surface area (Å²) in [7, 11) is 0. The number of aryl methyl sites for hydroxylation is 1. The number of phenols is 1. The Morgan fingerprint density at radius 3 is 2.84 bits per heavy atom. The molecule has 106 valence electrons. The minimum Gasteiger partial charge on any atom is -0.508 e. The van der Waals surface area contributed by atoms with Gasteiger partial charge in [0.15, 0.2) is 0 Å². The molecule has 0 radical (unpaired) electrons. The highest BCUT2D eigenvalue weighted by Crippen LogP contribution is 2.31. The zero-order valence-electron chi connectivity index (χ0n) is 12.1. The van der Waals surface area contributed by atoms with Crippen LogP contribution >= 0.6 is 0 Å². The Morgan fingerprint density at radius 1 is 1.37 bits per heavy atom. The van der Waals surface area contributed by atoms with Gasteiger partial charge in [0.25, 0.3) is 0 Å². The number of nitrogens with zero attached hydrogens (tertiary/aromatic N) is 1. The minimum atomic E-state index is 0.409. The monoisotopic (exact) mass is 262 g/mol. The molecule has 0 saturated heterocycles. The Labute approximate surface area is 116 Å². The topological polar surface area (TPSA) is 49.5 Å². The molecule has 3 nitrogen and oxygen atoms in total. The van der Waals surface area contributed by atoms with Gasteiger partial charge in [0.05, 0.1) is 0 Å². The largest absolute Gasteiger partial charge is 0.508 e. The van der Waals surface area contributed by atoms with Gasteiger partial charge in [0.2, 0.25) is 0 Å². The van der Waals surface area contributed by atoms with Gasteiger partial charge in [-0.25, -0.2) is 0 Å². The summed E-state index contributed by atoms with van der Waals surface area (Å²) in [6, 6.07) is 6.42. The second-order valence-electron chi connectivity index (χ2n) is 5.69. The molecule has 1 saturated carbocycles. The Morgan fingerprint density at radius 2 is 2.16 bits per heavy atom. The number of hydrogen-bond acceptors (Lipinski definition) is 3. The van der Waals surface area contributed by atoms with Crippen molar-refractivity contribution in [3.8, 4) is 5.75 Å². The first-order valence-electron chi connectivity index (χ1n) is 7.38. The average molecular weight is 262 g/mol. The predicted octanol–water partition coefficient (Wildman–Crippen LogP) is 2.65. The van der Waals surface area contributed by atoms with Gasteiger partial charge in [0.1, 0.15) is 5.75 Å². The molecule has 0 amide bonds. The maximum Gasteiger partial charge on any atom is 0.120 e. The highest BCUT2D eigenvalue weighted by atomic mass is 16.3. The summed E-state index contributed by atoms with van der Waals surface area (Å²) in [6.07, 6.45) is 3.77. The fourth-order valence-electron chi connectivity index (χ4n) is 3.30. The van der Waals surface area contributed by atoms with E-state index in [1.807, 2.05) is 6.07 Å². The van der Waals surface area contributed by atoms with Crippen LogP contribution in [0.3, 0.4) is 0 Å². The van der Waals surface area contributed by atoms with E-state index in [0.29, 0.717) is 17.7 Å². The maximum absolute atomic E-state index is 9.99. The van der Waals surface area contributed by atoms with Crippen LogP contribution in [0.15, 0.2) is 18.2 Å². The van der Waals surface area contributed by atoms with Gasteiger partial charge in [-0.2, -0.15) is 0 Å². The Hall–Kier alpha value is -1.06. The van der Waals surface area contributed by atoms with Crippen LogP contribution in [-0.2, 0) is 6.54 Å². The molecule has 19 heavy (non-hydrogen) atoms. The van der Waals surface area contributed by atoms with E-state index in [1.165, 1.54) is 24.8 Å². The van der Waals surface area contributed by atoms with E-state index in [9.17, 15) is 5.11 Å². The highest BCUT2D eigenvalue weighted by molar-refractivity contribution is 5.35. The van der Waals surface area contributed by atoms with Gasteiger partial charge in [-0.05, 0) is 44.8 Å². The number of nitrogens with two attached hydrogens (primary N) is 1. The molecule has 1 aromatic rings. The Balaban J connectivity index is 2.12. The smallest absolute Gasteiger partial charge is 0.120 e. The average Bonchev–Trinajstić information content (AvgIpc) is 2.88. The quantitative estimate of drug-likeness (QED) is 0.857. The highest BCUT2D eigenvalue weighted by Gasteiger charge is 2.30. The van der Waals surface area contributed by atoms with Crippen LogP contribution in [0.5, 0.6) is 5.75 Å². The molecule has 1 aliphatic rings. The van der Waals surface area contributed by atoms with E-state index in [4.69, 9.17) is 5.73 Å². The number of rotatable bonds is 5. The van der Waals surface area contributed by atoms with E-state index < -0.39 is 0 Å². The molecule has 1 aromatic carbocycles. The van der Waals surface area contributed by atoms with Gasteiger partial charge < -0.3 is 10.8 Å². The van der Waals surface area contributed by atoms with Gasteiger partial charge >= 0.3 is 0 Å². The standard InChI is InChI=1S/C16H26N2O/c1-3-18(15-6-4-5-13(15)10-17)11-14-9-12(2)7-8-16(14)19/h7-9,13,15,19H,3-6,10-11,17H2,1-2H3. The molecule has 2 unspecified atom stereocenters. The number of aromatic hydroxyl groups is 1. The van der Waals surface area contributed by atoms with Crippen LogP contribution in [0.25, 0.3) is 0 Å². The van der Waals surface area contributed by atoms with E-state index in [1.54, 1.807) is 6.07 Å². The second kappa shape index (κ2) is 6.40. The lowest BCUT2D eigenvalue weighted by atomic mass is 10.0. The fourth-order valence-corrected chi connectivity index (χ4v) is 3.30. The summed E-state index contributed by atoms with van der Waals surface area (Å²) in [6.45, 7) is 6.87. The zero-order chi connectivity index (χ0) is 13.8. The molecule has 0 heterocycles. The van der Waals surface area contributed by atoms with Crippen LogP contribution in [-0.4, -0.2) is 29.1 Å². The van der Waals surface area contributed by atoms with Crippen LogP contribution in [0, 0.1) is 12.8 Å². The third kappa shape index (κ3) is 3.28. The summed E-state index contributed by atoms with van der Waals surface area (Å²) in [5.41, 5.74) is 8.12. The molecule has 3 N–H and O–H groups in total. The number of benzene rings is 1. The summed E-state index contributed by atoms with van der Waals surface area (Å²) in [5.74, 6) is 1.03. The third-order valence-electron chi connectivity index (χ3n) is 4.41. The summed E-state index contributed by atoms with van der Waals surface area (Å²) < 4.78 is 0. The van der Waals surface area contributed by atoms with Crippen molar-refractivity contribution in [1.82, 2.24) is 4.90 Å². The van der Waals surface area contributed by atoms with Crippen molar-refractivity contribution in [1.29, 1.82) is 0 Å². The van der Waals surface area contributed by atoms with E-state index in [-0.39, 0.29) is 0 Å². The lowest BCUT2D eigenvalue weighted by Gasteiger charge is -2.32. The predicted molar refractivity (Wildman–Crippen MR) is 79.1 cm³/mol. The van der Waals surface area contributed by atoms with Crippen molar-refractivity contribution in [2.45, 2.75) is 45.7 Å². The van der Waals surface area contributed by atoms with Gasteiger partial charge in [-0.3, -0.25) is 4.90 Å². The SMILES string of the molecule is CCN(Cc1cc(C)ccc1O)C1CCCC1CN. The van der Waals surface area contributed by atoms with Gasteiger partial charge in [0, 0.05) is 18.2 Å².